The first-order chi connectivity index (χ1) is 11.0. The second-order valence-electron chi connectivity index (χ2n) is 4.78. The second kappa shape index (κ2) is 7.77. The standard InChI is InChI=1S/C15H18N4O3S/c1-4-12(23-15-17-13(20)9(2)18-19-15)14(21)16-10-5-7-11(22-3)8-6-10/h5-8,12H,4H2,1-3H3,(H,16,21)(H,17,19,20). The van der Waals surface area contributed by atoms with E-state index in [1.807, 2.05) is 6.92 Å². The van der Waals surface area contributed by atoms with Crippen LogP contribution in [0.2, 0.25) is 0 Å². The molecule has 1 aromatic carbocycles. The van der Waals surface area contributed by atoms with Gasteiger partial charge in [-0.2, -0.15) is 0 Å². The molecule has 0 saturated heterocycles. The summed E-state index contributed by atoms with van der Waals surface area (Å²) < 4.78 is 5.08. The highest BCUT2D eigenvalue weighted by atomic mass is 32.2. The summed E-state index contributed by atoms with van der Waals surface area (Å²) in [6, 6.07) is 7.07. The van der Waals surface area contributed by atoms with Crippen LogP contribution < -0.4 is 15.6 Å². The van der Waals surface area contributed by atoms with Gasteiger partial charge in [-0.25, -0.2) is 0 Å². The van der Waals surface area contributed by atoms with Gasteiger partial charge in [0.15, 0.2) is 5.16 Å². The molecule has 2 rings (SSSR count). The molecule has 1 aromatic heterocycles. The molecule has 23 heavy (non-hydrogen) atoms. The lowest BCUT2D eigenvalue weighted by atomic mass is 10.2. The highest BCUT2D eigenvalue weighted by molar-refractivity contribution is 8.00. The van der Waals surface area contributed by atoms with E-state index in [0.717, 1.165) is 5.75 Å². The molecule has 0 bridgehead atoms. The van der Waals surface area contributed by atoms with Gasteiger partial charge in [0.25, 0.3) is 5.56 Å². The first-order valence-electron chi connectivity index (χ1n) is 7.08. The van der Waals surface area contributed by atoms with Crippen molar-refractivity contribution < 1.29 is 9.53 Å². The number of carbonyl (C=O) groups excluding carboxylic acids is 1. The van der Waals surface area contributed by atoms with Crippen LogP contribution in [0.3, 0.4) is 0 Å². The Bertz CT molecular complexity index is 730. The summed E-state index contributed by atoms with van der Waals surface area (Å²) in [6.07, 6.45) is 0.588. The third kappa shape index (κ3) is 4.56. The van der Waals surface area contributed by atoms with E-state index in [-0.39, 0.29) is 16.7 Å². The maximum absolute atomic E-state index is 12.4. The van der Waals surface area contributed by atoms with Crippen LogP contribution in [-0.4, -0.2) is 33.4 Å². The highest BCUT2D eigenvalue weighted by Gasteiger charge is 2.19. The van der Waals surface area contributed by atoms with Crippen LogP contribution in [0.25, 0.3) is 0 Å². The highest BCUT2D eigenvalue weighted by Crippen LogP contribution is 2.23. The summed E-state index contributed by atoms with van der Waals surface area (Å²) in [4.78, 5) is 26.5. The SMILES string of the molecule is CCC(Sc1nnc(C)c(=O)[nH]1)C(=O)Nc1ccc(OC)cc1. The molecule has 0 aliphatic carbocycles. The van der Waals surface area contributed by atoms with Crippen LogP contribution in [0.1, 0.15) is 19.0 Å². The number of amides is 1. The number of benzene rings is 1. The van der Waals surface area contributed by atoms with Gasteiger partial charge in [0.1, 0.15) is 11.4 Å². The zero-order chi connectivity index (χ0) is 16.8. The van der Waals surface area contributed by atoms with E-state index in [1.54, 1.807) is 38.3 Å². The largest absolute Gasteiger partial charge is 0.497 e. The maximum atomic E-state index is 12.4. The molecule has 0 aliphatic heterocycles. The van der Waals surface area contributed by atoms with E-state index >= 15 is 0 Å². The van der Waals surface area contributed by atoms with Crippen molar-refractivity contribution in [2.75, 3.05) is 12.4 Å². The minimum Gasteiger partial charge on any atom is -0.497 e. The fourth-order valence-corrected chi connectivity index (χ4v) is 2.63. The maximum Gasteiger partial charge on any atom is 0.273 e. The van der Waals surface area contributed by atoms with Crippen LogP contribution in [0.5, 0.6) is 5.75 Å². The van der Waals surface area contributed by atoms with Crippen LogP contribution in [0.4, 0.5) is 5.69 Å². The molecule has 1 atom stereocenters. The molecule has 0 aliphatic rings. The van der Waals surface area contributed by atoms with Crippen molar-refractivity contribution in [2.24, 2.45) is 0 Å². The number of anilines is 1. The third-order valence-corrected chi connectivity index (χ3v) is 4.35. The smallest absolute Gasteiger partial charge is 0.273 e. The Morgan fingerprint density at radius 3 is 2.61 bits per heavy atom. The molecule has 1 amide bonds. The zero-order valence-corrected chi connectivity index (χ0v) is 13.9. The van der Waals surface area contributed by atoms with Gasteiger partial charge in [-0.15, -0.1) is 10.2 Å². The van der Waals surface area contributed by atoms with Gasteiger partial charge in [0, 0.05) is 5.69 Å². The number of methoxy groups -OCH3 is 1. The van der Waals surface area contributed by atoms with E-state index in [0.29, 0.717) is 23.0 Å². The lowest BCUT2D eigenvalue weighted by molar-refractivity contribution is -0.115. The number of hydrogen-bond donors (Lipinski definition) is 2. The Balaban J connectivity index is 2.05. The summed E-state index contributed by atoms with van der Waals surface area (Å²) in [6.45, 7) is 3.47. The molecular weight excluding hydrogens is 316 g/mol. The van der Waals surface area contributed by atoms with Gasteiger partial charge in [0.05, 0.1) is 12.4 Å². The lowest BCUT2D eigenvalue weighted by Gasteiger charge is -2.14. The number of aromatic amines is 1. The van der Waals surface area contributed by atoms with Gasteiger partial charge in [-0.3, -0.25) is 14.6 Å². The fraction of sp³-hybridized carbons (Fsp3) is 0.333. The molecule has 122 valence electrons. The normalized spacial score (nSPS) is 11.8. The van der Waals surface area contributed by atoms with Crippen molar-refractivity contribution in [1.82, 2.24) is 15.2 Å². The van der Waals surface area contributed by atoms with Crippen molar-refractivity contribution in [1.29, 1.82) is 0 Å². The molecule has 0 radical (unpaired) electrons. The third-order valence-electron chi connectivity index (χ3n) is 3.11. The summed E-state index contributed by atoms with van der Waals surface area (Å²) in [7, 11) is 1.58. The number of thioether (sulfide) groups is 1. The molecular formula is C15H18N4O3S. The Morgan fingerprint density at radius 2 is 2.04 bits per heavy atom. The minimum absolute atomic E-state index is 0.161. The number of H-pyrrole nitrogens is 1. The zero-order valence-electron chi connectivity index (χ0n) is 13.1. The molecule has 0 spiro atoms. The van der Waals surface area contributed by atoms with Crippen LogP contribution >= 0.6 is 11.8 Å². The summed E-state index contributed by atoms with van der Waals surface area (Å²) in [5, 5.41) is 10.4. The number of nitrogens with zero attached hydrogens (tertiary/aromatic N) is 2. The van der Waals surface area contributed by atoms with Crippen molar-refractivity contribution in [3.63, 3.8) is 0 Å². The lowest BCUT2D eigenvalue weighted by Crippen LogP contribution is -2.25. The quantitative estimate of drug-likeness (QED) is 0.784. The van der Waals surface area contributed by atoms with Crippen LogP contribution in [0.15, 0.2) is 34.2 Å². The number of rotatable bonds is 6. The molecule has 2 N–H and O–H groups in total. The summed E-state index contributed by atoms with van der Waals surface area (Å²) in [5.74, 6) is 0.558. The molecule has 8 heteroatoms. The van der Waals surface area contributed by atoms with Gasteiger partial charge < -0.3 is 10.1 Å². The van der Waals surface area contributed by atoms with E-state index in [1.165, 1.54) is 11.8 Å². The predicted octanol–water partition coefficient (Wildman–Crippen LogP) is 1.99. The average Bonchev–Trinajstić information content (AvgIpc) is 2.56. The molecule has 1 heterocycles. The Labute approximate surface area is 137 Å². The van der Waals surface area contributed by atoms with E-state index in [4.69, 9.17) is 4.74 Å². The van der Waals surface area contributed by atoms with Gasteiger partial charge in [-0.1, -0.05) is 18.7 Å². The number of nitrogens with one attached hydrogen (secondary N) is 2. The molecule has 1 unspecified atom stereocenters. The summed E-state index contributed by atoms with van der Waals surface area (Å²) >= 11 is 1.18. The monoisotopic (exact) mass is 334 g/mol. The molecule has 7 nitrogen and oxygen atoms in total. The fourth-order valence-electron chi connectivity index (χ4n) is 1.79. The Kier molecular flexibility index (Phi) is 5.75. The average molecular weight is 334 g/mol. The first-order valence-corrected chi connectivity index (χ1v) is 7.96. The predicted molar refractivity (Wildman–Crippen MR) is 88.9 cm³/mol. The van der Waals surface area contributed by atoms with Crippen LogP contribution in [0, 0.1) is 6.92 Å². The van der Waals surface area contributed by atoms with Crippen molar-refractivity contribution in [3.05, 3.63) is 40.3 Å². The van der Waals surface area contributed by atoms with E-state index in [2.05, 4.69) is 20.5 Å². The second-order valence-corrected chi connectivity index (χ2v) is 5.97. The van der Waals surface area contributed by atoms with Gasteiger partial charge >= 0.3 is 0 Å². The van der Waals surface area contributed by atoms with Crippen LogP contribution in [-0.2, 0) is 4.79 Å². The molecule has 2 aromatic rings. The first kappa shape index (κ1) is 17.0. The number of ether oxygens (including phenoxy) is 1. The minimum atomic E-state index is -0.384. The van der Waals surface area contributed by atoms with Gasteiger partial charge in [0.2, 0.25) is 5.91 Å². The van der Waals surface area contributed by atoms with Crippen molar-refractivity contribution in [3.8, 4) is 5.75 Å². The van der Waals surface area contributed by atoms with Crippen molar-refractivity contribution >= 4 is 23.4 Å². The van der Waals surface area contributed by atoms with Gasteiger partial charge in [-0.05, 0) is 37.6 Å². The molecule has 0 saturated carbocycles. The number of aromatic nitrogens is 3. The van der Waals surface area contributed by atoms with Crippen molar-refractivity contribution in [2.45, 2.75) is 30.7 Å². The van der Waals surface area contributed by atoms with E-state index in [9.17, 15) is 9.59 Å². The number of aryl methyl sites for hydroxylation is 1. The Hall–Kier alpha value is -2.35. The number of carbonyl (C=O) groups is 1. The topological polar surface area (TPSA) is 97.0 Å². The summed E-state index contributed by atoms with van der Waals surface area (Å²) in [5.41, 5.74) is 0.677. The number of hydrogen-bond acceptors (Lipinski definition) is 6. The van der Waals surface area contributed by atoms with E-state index < -0.39 is 0 Å². The molecule has 0 fully saturated rings. The Morgan fingerprint density at radius 1 is 1.35 bits per heavy atom.